The number of nitrogens with one attached hydrogen (secondary N) is 1. The summed E-state index contributed by atoms with van der Waals surface area (Å²) in [5.41, 5.74) is 1.72. The highest BCUT2D eigenvalue weighted by atomic mass is 32.1. The van der Waals surface area contributed by atoms with Crippen LogP contribution in [0.4, 0.5) is 0 Å². The van der Waals surface area contributed by atoms with Crippen LogP contribution in [0.15, 0.2) is 51.7 Å². The Labute approximate surface area is 166 Å². The molecule has 1 atom stereocenters. The van der Waals surface area contributed by atoms with E-state index < -0.39 is 12.0 Å². The minimum atomic E-state index is -0.754. The predicted octanol–water partition coefficient (Wildman–Crippen LogP) is 3.22. The Balaban J connectivity index is 1.55. The Bertz CT molecular complexity index is 907. The summed E-state index contributed by atoms with van der Waals surface area (Å²) < 4.78 is 10.4. The van der Waals surface area contributed by atoms with E-state index in [0.29, 0.717) is 5.82 Å². The van der Waals surface area contributed by atoms with Crippen molar-refractivity contribution in [1.29, 1.82) is 0 Å². The second-order valence-corrected chi connectivity index (χ2v) is 7.36. The van der Waals surface area contributed by atoms with Gasteiger partial charge in [-0.1, -0.05) is 49.3 Å². The first-order chi connectivity index (χ1) is 13.5. The molecule has 146 valence electrons. The Hall–Kier alpha value is -3.00. The number of hydrogen-bond acceptors (Lipinski definition) is 7. The monoisotopic (exact) mass is 399 g/mol. The Morgan fingerprint density at radius 1 is 1.21 bits per heavy atom. The number of aromatic nitrogens is 2. The molecular weight excluding hydrogens is 378 g/mol. The topological polar surface area (TPSA) is 94.3 Å². The maximum absolute atomic E-state index is 12.5. The van der Waals surface area contributed by atoms with Gasteiger partial charge in [0.15, 0.2) is 6.61 Å². The Kier molecular flexibility index (Phi) is 6.54. The van der Waals surface area contributed by atoms with Crippen molar-refractivity contribution in [2.24, 2.45) is 5.92 Å². The summed E-state index contributed by atoms with van der Waals surface area (Å²) in [6, 6.07) is 10.5. The lowest BCUT2D eigenvalue weighted by atomic mass is 10.0. The van der Waals surface area contributed by atoms with E-state index >= 15 is 0 Å². The van der Waals surface area contributed by atoms with Crippen LogP contribution >= 0.6 is 11.3 Å². The quantitative estimate of drug-likeness (QED) is 0.585. The van der Waals surface area contributed by atoms with Gasteiger partial charge in [0, 0.05) is 10.9 Å². The minimum Gasteiger partial charge on any atom is -0.454 e. The highest BCUT2D eigenvalue weighted by Gasteiger charge is 2.26. The van der Waals surface area contributed by atoms with Crippen LogP contribution in [0.25, 0.3) is 11.4 Å². The minimum absolute atomic E-state index is 0.128. The normalized spacial score (nSPS) is 12.0. The summed E-state index contributed by atoms with van der Waals surface area (Å²) >= 11 is 1.53. The first-order valence-corrected chi connectivity index (χ1v) is 9.82. The fraction of sp³-hybridized carbons (Fsp3) is 0.300. The fourth-order valence-electron chi connectivity index (χ4n) is 2.55. The molecule has 0 aliphatic heterocycles. The largest absolute Gasteiger partial charge is 0.454 e. The summed E-state index contributed by atoms with van der Waals surface area (Å²) in [6.07, 6.45) is 0.199. The molecule has 0 unspecified atom stereocenters. The van der Waals surface area contributed by atoms with Crippen LogP contribution in [-0.2, 0) is 27.4 Å². The molecule has 1 N–H and O–H groups in total. The summed E-state index contributed by atoms with van der Waals surface area (Å²) in [7, 11) is 0. The molecule has 0 aliphatic rings. The van der Waals surface area contributed by atoms with Crippen LogP contribution in [0, 0.1) is 5.92 Å². The van der Waals surface area contributed by atoms with Crippen molar-refractivity contribution in [2.45, 2.75) is 32.9 Å². The van der Waals surface area contributed by atoms with E-state index in [1.165, 1.54) is 11.3 Å². The van der Waals surface area contributed by atoms with E-state index in [-0.39, 0.29) is 30.7 Å². The molecule has 0 radical (unpaired) electrons. The van der Waals surface area contributed by atoms with Crippen LogP contribution in [0.5, 0.6) is 0 Å². The van der Waals surface area contributed by atoms with Crippen molar-refractivity contribution in [3.8, 4) is 11.4 Å². The highest BCUT2D eigenvalue weighted by molar-refractivity contribution is 7.08. The van der Waals surface area contributed by atoms with E-state index in [1.807, 2.05) is 61.0 Å². The smallest absolute Gasteiger partial charge is 0.329 e. The summed E-state index contributed by atoms with van der Waals surface area (Å²) in [4.78, 5) is 28.9. The zero-order valence-corrected chi connectivity index (χ0v) is 16.4. The molecule has 8 heteroatoms. The van der Waals surface area contributed by atoms with Gasteiger partial charge in [-0.15, -0.1) is 0 Å². The van der Waals surface area contributed by atoms with Crippen LogP contribution in [0.3, 0.4) is 0 Å². The van der Waals surface area contributed by atoms with Gasteiger partial charge in [-0.25, -0.2) is 4.79 Å². The van der Waals surface area contributed by atoms with E-state index in [4.69, 9.17) is 9.26 Å². The number of esters is 1. The van der Waals surface area contributed by atoms with Crippen LogP contribution in [-0.4, -0.2) is 28.1 Å². The van der Waals surface area contributed by atoms with E-state index in [1.54, 1.807) is 0 Å². The van der Waals surface area contributed by atoms with Gasteiger partial charge in [-0.3, -0.25) is 4.79 Å². The second kappa shape index (κ2) is 9.27. The first-order valence-electron chi connectivity index (χ1n) is 8.88. The number of hydrogen-bond donors (Lipinski definition) is 1. The Morgan fingerprint density at radius 2 is 2.00 bits per heavy atom. The number of benzene rings is 1. The van der Waals surface area contributed by atoms with Crippen LogP contribution in [0.2, 0.25) is 0 Å². The van der Waals surface area contributed by atoms with Crippen molar-refractivity contribution >= 4 is 23.2 Å². The number of nitrogens with zero attached hydrogens (tertiary/aromatic N) is 2. The van der Waals surface area contributed by atoms with Crippen molar-refractivity contribution in [2.75, 3.05) is 0 Å². The molecule has 1 aromatic carbocycles. The highest BCUT2D eigenvalue weighted by Crippen LogP contribution is 2.19. The lowest BCUT2D eigenvalue weighted by molar-refractivity contribution is -0.151. The molecule has 2 heterocycles. The van der Waals surface area contributed by atoms with Crippen molar-refractivity contribution in [1.82, 2.24) is 15.5 Å². The molecule has 7 nitrogen and oxygen atoms in total. The maximum atomic E-state index is 12.5. The van der Waals surface area contributed by atoms with E-state index in [0.717, 1.165) is 11.1 Å². The average Bonchev–Trinajstić information content (AvgIpc) is 3.36. The molecule has 1 amide bonds. The number of rotatable bonds is 8. The van der Waals surface area contributed by atoms with Crippen LogP contribution < -0.4 is 5.32 Å². The van der Waals surface area contributed by atoms with Gasteiger partial charge in [-0.2, -0.15) is 16.3 Å². The molecular formula is C20H21N3O4S. The van der Waals surface area contributed by atoms with Gasteiger partial charge in [0.25, 0.3) is 5.89 Å². The standard InChI is InChI=1S/C20H21N3O4S/c1-13(2)18(21-16(24)10-14-6-4-3-5-7-14)20(25)26-11-17-22-19(23-27-17)15-8-9-28-12-15/h3-9,12-13,18H,10-11H2,1-2H3,(H,21,24)/t18-/m0/s1. The number of thiophene rings is 1. The predicted molar refractivity (Wildman–Crippen MR) is 104 cm³/mol. The van der Waals surface area contributed by atoms with Gasteiger partial charge in [-0.05, 0) is 22.9 Å². The summed E-state index contributed by atoms with van der Waals surface area (Å²) in [5, 5.41) is 10.4. The van der Waals surface area contributed by atoms with Crippen molar-refractivity contribution < 1.29 is 18.8 Å². The maximum Gasteiger partial charge on any atom is 0.329 e. The molecule has 0 saturated heterocycles. The molecule has 3 aromatic rings. The number of ether oxygens (including phenoxy) is 1. The Morgan fingerprint density at radius 3 is 2.68 bits per heavy atom. The zero-order valence-electron chi connectivity index (χ0n) is 15.6. The number of carbonyl (C=O) groups excluding carboxylic acids is 2. The lowest BCUT2D eigenvalue weighted by Gasteiger charge is -2.20. The molecule has 0 spiro atoms. The third kappa shape index (κ3) is 5.26. The van der Waals surface area contributed by atoms with E-state index in [2.05, 4.69) is 15.5 Å². The van der Waals surface area contributed by atoms with Gasteiger partial charge in [0.1, 0.15) is 6.04 Å². The lowest BCUT2D eigenvalue weighted by Crippen LogP contribution is -2.45. The molecule has 28 heavy (non-hydrogen) atoms. The first kappa shape index (κ1) is 19.8. The molecule has 0 saturated carbocycles. The third-order valence-corrected chi connectivity index (χ3v) is 4.71. The molecule has 0 aliphatic carbocycles. The summed E-state index contributed by atoms with van der Waals surface area (Å²) in [5.74, 6) is -0.251. The molecule has 0 bridgehead atoms. The number of carbonyl (C=O) groups is 2. The molecule has 2 aromatic heterocycles. The fourth-order valence-corrected chi connectivity index (χ4v) is 3.18. The van der Waals surface area contributed by atoms with Gasteiger partial charge in [0.05, 0.1) is 6.42 Å². The zero-order chi connectivity index (χ0) is 19.9. The van der Waals surface area contributed by atoms with Crippen LogP contribution in [0.1, 0.15) is 25.3 Å². The SMILES string of the molecule is CC(C)[C@H](NC(=O)Cc1ccccc1)C(=O)OCc1nc(-c2ccsc2)no1. The number of amides is 1. The second-order valence-electron chi connectivity index (χ2n) is 6.58. The van der Waals surface area contributed by atoms with Crippen molar-refractivity contribution in [3.05, 3.63) is 58.6 Å². The van der Waals surface area contributed by atoms with Gasteiger partial charge < -0.3 is 14.6 Å². The van der Waals surface area contributed by atoms with Crippen molar-refractivity contribution in [3.63, 3.8) is 0 Å². The third-order valence-electron chi connectivity index (χ3n) is 4.03. The summed E-state index contributed by atoms with van der Waals surface area (Å²) in [6.45, 7) is 3.54. The molecule has 3 rings (SSSR count). The van der Waals surface area contributed by atoms with Gasteiger partial charge >= 0.3 is 5.97 Å². The van der Waals surface area contributed by atoms with E-state index in [9.17, 15) is 9.59 Å². The molecule has 0 fully saturated rings. The average molecular weight is 399 g/mol. The van der Waals surface area contributed by atoms with Gasteiger partial charge in [0.2, 0.25) is 11.7 Å².